The molecule has 3 aromatic carbocycles. The average molecular weight is 546 g/mol. The Kier molecular flexibility index (Phi) is 8.18. The molecule has 0 radical (unpaired) electrons. The number of anilines is 1. The summed E-state index contributed by atoms with van der Waals surface area (Å²) in [6.45, 7) is 5.96. The predicted octanol–water partition coefficient (Wildman–Crippen LogP) is 4.90. The van der Waals surface area contributed by atoms with E-state index in [0.717, 1.165) is 16.7 Å². The smallest absolute Gasteiger partial charge is 0.343 e. The fraction of sp³-hybridized carbons (Fsp3) is 0.344. The highest BCUT2D eigenvalue weighted by molar-refractivity contribution is 6.13. The van der Waals surface area contributed by atoms with Gasteiger partial charge in [-0.15, -0.1) is 0 Å². The molecular formula is C32H35NO7. The highest BCUT2D eigenvalue weighted by Gasteiger charge is 2.54. The van der Waals surface area contributed by atoms with Gasteiger partial charge in [-0.2, -0.15) is 0 Å². The Hall–Kier alpha value is -4.33. The first kappa shape index (κ1) is 28.7. The number of nitrogens with zero attached hydrogens (tertiary/aromatic N) is 1. The maximum Gasteiger partial charge on any atom is 0.343 e. The summed E-state index contributed by atoms with van der Waals surface area (Å²) >= 11 is 0. The zero-order valence-corrected chi connectivity index (χ0v) is 23.8. The summed E-state index contributed by atoms with van der Waals surface area (Å²) in [5.74, 6) is -0.389. The van der Waals surface area contributed by atoms with Crippen LogP contribution in [0.3, 0.4) is 0 Å². The fourth-order valence-corrected chi connectivity index (χ4v) is 5.21. The lowest BCUT2D eigenvalue weighted by Crippen LogP contribution is -2.58. The number of esters is 2. The minimum Gasteiger partial charge on any atom is -0.496 e. The third kappa shape index (κ3) is 5.52. The first-order chi connectivity index (χ1) is 19.0. The van der Waals surface area contributed by atoms with Crippen LogP contribution in [0.25, 0.3) is 0 Å². The van der Waals surface area contributed by atoms with Gasteiger partial charge in [0, 0.05) is 24.1 Å². The number of fused-ring (bicyclic) bond motifs is 1. The van der Waals surface area contributed by atoms with E-state index in [-0.39, 0.29) is 30.8 Å². The second-order valence-corrected chi connectivity index (χ2v) is 10.8. The maximum atomic E-state index is 14.4. The summed E-state index contributed by atoms with van der Waals surface area (Å²) < 4.78 is 21.3. The van der Waals surface area contributed by atoms with Crippen LogP contribution in [0.2, 0.25) is 0 Å². The minimum absolute atomic E-state index is 0.197. The average Bonchev–Trinajstić information content (AvgIpc) is 3.28. The van der Waals surface area contributed by atoms with Crippen molar-refractivity contribution in [3.8, 4) is 11.5 Å². The first-order valence-electron chi connectivity index (χ1n) is 13.0. The van der Waals surface area contributed by atoms with Gasteiger partial charge in [-0.05, 0) is 52.4 Å². The van der Waals surface area contributed by atoms with Crippen LogP contribution in [0.5, 0.6) is 11.5 Å². The van der Waals surface area contributed by atoms with Crippen molar-refractivity contribution >= 4 is 23.5 Å². The number of rotatable bonds is 8. The van der Waals surface area contributed by atoms with Gasteiger partial charge in [0.05, 0.1) is 21.3 Å². The molecule has 0 spiro atoms. The molecule has 0 fully saturated rings. The van der Waals surface area contributed by atoms with Crippen LogP contribution in [0.15, 0.2) is 66.7 Å². The zero-order chi connectivity index (χ0) is 29.1. The van der Waals surface area contributed by atoms with E-state index in [2.05, 4.69) is 25.5 Å². The molecule has 1 aliphatic rings. The molecule has 0 unspecified atom stereocenters. The number of hydrogen-bond donors (Lipinski definition) is 0. The summed E-state index contributed by atoms with van der Waals surface area (Å²) in [5, 5.41) is 0. The van der Waals surface area contributed by atoms with Gasteiger partial charge >= 0.3 is 11.9 Å². The van der Waals surface area contributed by atoms with Gasteiger partial charge in [-0.25, -0.2) is 9.59 Å². The number of ether oxygens (including phenoxy) is 4. The Balaban J connectivity index is 1.85. The van der Waals surface area contributed by atoms with E-state index in [9.17, 15) is 14.4 Å². The van der Waals surface area contributed by atoms with E-state index in [1.807, 2.05) is 36.4 Å². The number of carbonyl (C=O) groups excluding carboxylic acids is 3. The topological polar surface area (TPSA) is 91.4 Å². The molecule has 1 amide bonds. The largest absolute Gasteiger partial charge is 0.496 e. The van der Waals surface area contributed by atoms with E-state index < -0.39 is 17.5 Å². The standard InChI is InChI=1S/C32H35NO7/c1-31(2,3)25-14-12-22(17-27(25)37-4)29(35)33-26-15-13-24(40-20-28(34)38-5)16-23(26)19-32(33,30(36)39-6)18-21-10-8-7-9-11-21/h7-17H,18-20H2,1-6H3/t32-/m0/s1. The Bertz CT molecular complexity index is 1410. The summed E-state index contributed by atoms with van der Waals surface area (Å²) in [6, 6.07) is 20.0. The van der Waals surface area contributed by atoms with Crippen molar-refractivity contribution in [1.82, 2.24) is 0 Å². The molecule has 0 N–H and O–H groups in total. The second kappa shape index (κ2) is 11.4. The van der Waals surface area contributed by atoms with Crippen molar-refractivity contribution < 1.29 is 33.3 Å². The molecule has 8 nitrogen and oxygen atoms in total. The molecule has 1 aliphatic heterocycles. The summed E-state index contributed by atoms with van der Waals surface area (Å²) in [5.41, 5.74) is 1.95. The number of hydrogen-bond acceptors (Lipinski definition) is 7. The quantitative estimate of drug-likeness (QED) is 0.372. The van der Waals surface area contributed by atoms with Crippen molar-refractivity contribution in [2.24, 2.45) is 0 Å². The van der Waals surface area contributed by atoms with Gasteiger partial charge < -0.3 is 18.9 Å². The maximum absolute atomic E-state index is 14.4. The van der Waals surface area contributed by atoms with Crippen molar-refractivity contribution in [1.29, 1.82) is 0 Å². The molecule has 0 saturated heterocycles. The molecule has 210 valence electrons. The van der Waals surface area contributed by atoms with Crippen LogP contribution < -0.4 is 14.4 Å². The molecule has 3 aromatic rings. The molecule has 0 aromatic heterocycles. The molecule has 0 bridgehead atoms. The lowest BCUT2D eigenvalue weighted by molar-refractivity contribution is -0.146. The molecular weight excluding hydrogens is 510 g/mol. The normalized spacial score (nSPS) is 16.2. The summed E-state index contributed by atoms with van der Waals surface area (Å²) in [6.07, 6.45) is 0.429. The number of carbonyl (C=O) groups is 3. The Labute approximate surface area is 234 Å². The van der Waals surface area contributed by atoms with Crippen LogP contribution in [0.1, 0.15) is 47.8 Å². The molecule has 0 saturated carbocycles. The molecule has 40 heavy (non-hydrogen) atoms. The lowest BCUT2D eigenvalue weighted by Gasteiger charge is -2.36. The van der Waals surface area contributed by atoms with E-state index in [4.69, 9.17) is 14.2 Å². The van der Waals surface area contributed by atoms with Crippen molar-refractivity contribution in [2.45, 2.75) is 44.6 Å². The van der Waals surface area contributed by atoms with Crippen LogP contribution in [0, 0.1) is 0 Å². The van der Waals surface area contributed by atoms with E-state index in [0.29, 0.717) is 22.7 Å². The molecule has 4 rings (SSSR count). The van der Waals surface area contributed by atoms with Gasteiger partial charge in [0.2, 0.25) is 0 Å². The summed E-state index contributed by atoms with van der Waals surface area (Å²) in [7, 11) is 4.19. The predicted molar refractivity (Wildman–Crippen MR) is 151 cm³/mol. The van der Waals surface area contributed by atoms with Gasteiger partial charge in [-0.3, -0.25) is 9.69 Å². The van der Waals surface area contributed by atoms with Gasteiger partial charge in [0.15, 0.2) is 12.1 Å². The third-order valence-corrected chi connectivity index (χ3v) is 7.15. The molecule has 8 heteroatoms. The SMILES string of the molecule is COC(=O)COc1ccc2c(c1)C[C@@](Cc1ccccc1)(C(=O)OC)N2C(=O)c1ccc(C(C)(C)C)c(OC)c1. The summed E-state index contributed by atoms with van der Waals surface area (Å²) in [4.78, 5) is 41.2. The number of amides is 1. The van der Waals surface area contributed by atoms with Gasteiger partial charge in [0.1, 0.15) is 11.5 Å². The first-order valence-corrected chi connectivity index (χ1v) is 13.0. The molecule has 1 heterocycles. The van der Waals surface area contributed by atoms with E-state index in [1.54, 1.807) is 37.4 Å². The Morgan fingerprint density at radius 3 is 2.25 bits per heavy atom. The van der Waals surface area contributed by atoms with Crippen LogP contribution in [-0.2, 0) is 37.3 Å². The Morgan fingerprint density at radius 1 is 0.900 bits per heavy atom. The monoisotopic (exact) mass is 545 g/mol. The van der Waals surface area contributed by atoms with E-state index in [1.165, 1.54) is 19.1 Å². The van der Waals surface area contributed by atoms with Crippen LogP contribution in [-0.4, -0.2) is 51.3 Å². The number of benzene rings is 3. The van der Waals surface area contributed by atoms with Crippen LogP contribution >= 0.6 is 0 Å². The minimum atomic E-state index is -1.35. The highest BCUT2D eigenvalue weighted by Crippen LogP contribution is 2.44. The van der Waals surface area contributed by atoms with Crippen molar-refractivity contribution in [2.75, 3.05) is 32.8 Å². The Morgan fingerprint density at radius 2 is 1.62 bits per heavy atom. The molecule has 1 atom stereocenters. The van der Waals surface area contributed by atoms with Crippen LogP contribution in [0.4, 0.5) is 5.69 Å². The van der Waals surface area contributed by atoms with Gasteiger partial charge in [0.25, 0.3) is 5.91 Å². The van der Waals surface area contributed by atoms with Crippen molar-refractivity contribution in [3.05, 3.63) is 89.0 Å². The highest BCUT2D eigenvalue weighted by atomic mass is 16.6. The van der Waals surface area contributed by atoms with Gasteiger partial charge in [-0.1, -0.05) is 57.2 Å². The van der Waals surface area contributed by atoms with E-state index >= 15 is 0 Å². The third-order valence-electron chi connectivity index (χ3n) is 7.15. The fourth-order valence-electron chi connectivity index (χ4n) is 5.21. The zero-order valence-electron chi connectivity index (χ0n) is 23.8. The second-order valence-electron chi connectivity index (χ2n) is 10.8. The molecule has 0 aliphatic carbocycles. The number of methoxy groups -OCH3 is 3. The lowest BCUT2D eigenvalue weighted by atomic mass is 9.85. The van der Waals surface area contributed by atoms with Crippen molar-refractivity contribution in [3.63, 3.8) is 0 Å².